The largest absolute Gasteiger partial charge is 0.484 e. The van der Waals surface area contributed by atoms with Crippen molar-refractivity contribution in [2.45, 2.75) is 13.2 Å². The van der Waals surface area contributed by atoms with Crippen LogP contribution in [0.5, 0.6) is 5.75 Å². The van der Waals surface area contributed by atoms with E-state index in [0.717, 1.165) is 0 Å². The first-order valence-corrected chi connectivity index (χ1v) is 6.15. The molecule has 0 saturated carbocycles. The molecule has 1 heterocycles. The predicted octanol–water partition coefficient (Wildman–Crippen LogP) is 3.67. The lowest BCUT2D eigenvalue weighted by molar-refractivity contribution is 0.248. The first-order chi connectivity index (χ1) is 8.60. The monoisotopic (exact) mass is 306 g/mol. The predicted molar refractivity (Wildman–Crippen MR) is 70.2 cm³/mol. The Labute approximate surface area is 119 Å². The lowest BCUT2D eigenvalue weighted by atomic mass is 10.3. The smallest absolute Gasteiger partial charge is 0.174 e. The van der Waals surface area contributed by atoms with Gasteiger partial charge in [0.1, 0.15) is 12.4 Å². The van der Waals surface area contributed by atoms with Gasteiger partial charge in [-0.05, 0) is 6.07 Å². The summed E-state index contributed by atoms with van der Waals surface area (Å²) in [4.78, 5) is 0. The van der Waals surface area contributed by atoms with Crippen molar-refractivity contribution in [1.82, 2.24) is 5.16 Å². The van der Waals surface area contributed by atoms with E-state index < -0.39 is 0 Å². The number of nitrogens with zero attached hydrogens (tertiary/aromatic N) is 1. The van der Waals surface area contributed by atoms with Crippen LogP contribution < -0.4 is 10.5 Å². The minimum absolute atomic E-state index is 0.185. The van der Waals surface area contributed by atoms with Crippen molar-refractivity contribution in [2.24, 2.45) is 5.73 Å². The molecule has 0 amide bonds. The minimum Gasteiger partial charge on any atom is -0.484 e. The molecule has 0 radical (unpaired) electrons. The summed E-state index contributed by atoms with van der Waals surface area (Å²) in [6.45, 7) is 0.502. The van der Waals surface area contributed by atoms with Gasteiger partial charge in [-0.1, -0.05) is 40.0 Å². The lowest BCUT2D eigenvalue weighted by Gasteiger charge is -2.07. The average molecular weight is 308 g/mol. The van der Waals surface area contributed by atoms with Crippen molar-refractivity contribution in [3.8, 4) is 5.75 Å². The van der Waals surface area contributed by atoms with Gasteiger partial charge in [-0.3, -0.25) is 0 Å². The summed E-state index contributed by atoms with van der Waals surface area (Å²) in [6, 6.07) is 4.78. The summed E-state index contributed by atoms with van der Waals surface area (Å²) in [5.74, 6) is 0.981. The molecule has 1 aromatic heterocycles. The molecule has 0 atom stereocenters. The zero-order valence-electron chi connectivity index (χ0n) is 9.12. The van der Waals surface area contributed by atoms with Crippen molar-refractivity contribution in [2.75, 3.05) is 0 Å². The van der Waals surface area contributed by atoms with E-state index >= 15 is 0 Å². The van der Waals surface area contributed by atoms with Gasteiger partial charge in [0.15, 0.2) is 5.76 Å². The molecule has 96 valence electrons. The Morgan fingerprint density at radius 1 is 1.11 bits per heavy atom. The molecule has 0 aliphatic carbocycles. The average Bonchev–Trinajstić information content (AvgIpc) is 2.80. The van der Waals surface area contributed by atoms with Gasteiger partial charge in [0, 0.05) is 18.7 Å². The molecule has 2 rings (SSSR count). The van der Waals surface area contributed by atoms with Crippen molar-refractivity contribution in [1.29, 1.82) is 0 Å². The second-order valence-electron chi connectivity index (χ2n) is 3.47. The molecule has 0 spiro atoms. The van der Waals surface area contributed by atoms with Crippen molar-refractivity contribution in [3.05, 3.63) is 44.7 Å². The van der Waals surface area contributed by atoms with E-state index in [1.54, 1.807) is 12.1 Å². The van der Waals surface area contributed by atoms with Crippen LogP contribution in [0.4, 0.5) is 0 Å². The molecule has 0 saturated heterocycles. The Morgan fingerprint density at radius 3 is 2.50 bits per heavy atom. The first kappa shape index (κ1) is 13.5. The summed E-state index contributed by atoms with van der Waals surface area (Å²) < 4.78 is 10.5. The van der Waals surface area contributed by atoms with E-state index in [2.05, 4.69) is 5.16 Å². The van der Waals surface area contributed by atoms with Crippen LogP contribution >= 0.6 is 34.8 Å². The fraction of sp³-hybridized carbons (Fsp3) is 0.182. The van der Waals surface area contributed by atoms with Crippen LogP contribution in [0, 0.1) is 0 Å². The summed E-state index contributed by atoms with van der Waals surface area (Å²) >= 11 is 17.6. The van der Waals surface area contributed by atoms with Gasteiger partial charge in [-0.15, -0.1) is 0 Å². The highest BCUT2D eigenvalue weighted by Gasteiger charge is 2.09. The summed E-state index contributed by atoms with van der Waals surface area (Å²) in [7, 11) is 0. The number of hydrogen-bond donors (Lipinski definition) is 1. The van der Waals surface area contributed by atoms with Gasteiger partial charge in [-0.2, -0.15) is 0 Å². The molecule has 0 unspecified atom stereocenters. The SMILES string of the molecule is NCc1cc(COc2cc(Cl)c(Cl)cc2Cl)on1. The number of halogens is 3. The number of rotatable bonds is 4. The van der Waals surface area contributed by atoms with Gasteiger partial charge in [0.25, 0.3) is 0 Å². The molecule has 2 aromatic rings. The zero-order valence-corrected chi connectivity index (χ0v) is 11.4. The van der Waals surface area contributed by atoms with E-state index in [1.165, 1.54) is 6.07 Å². The second-order valence-corrected chi connectivity index (χ2v) is 4.70. The molecule has 18 heavy (non-hydrogen) atoms. The van der Waals surface area contributed by atoms with Crippen LogP contribution in [0.25, 0.3) is 0 Å². The minimum atomic E-state index is 0.185. The topological polar surface area (TPSA) is 61.3 Å². The summed E-state index contributed by atoms with van der Waals surface area (Å²) in [5, 5.41) is 4.86. The molecule has 4 nitrogen and oxygen atoms in total. The van der Waals surface area contributed by atoms with E-state index in [4.69, 9.17) is 49.8 Å². The van der Waals surface area contributed by atoms with Crippen LogP contribution in [0.2, 0.25) is 15.1 Å². The van der Waals surface area contributed by atoms with Crippen molar-refractivity contribution < 1.29 is 9.26 Å². The van der Waals surface area contributed by atoms with Crippen molar-refractivity contribution in [3.63, 3.8) is 0 Å². The number of ether oxygens (including phenoxy) is 1. The quantitative estimate of drug-likeness (QED) is 0.875. The number of benzene rings is 1. The molecule has 0 bridgehead atoms. The third-order valence-electron chi connectivity index (χ3n) is 2.16. The van der Waals surface area contributed by atoms with Gasteiger partial charge >= 0.3 is 0 Å². The van der Waals surface area contributed by atoms with Crippen LogP contribution in [0.3, 0.4) is 0 Å². The Bertz CT molecular complexity index is 557. The van der Waals surface area contributed by atoms with E-state index in [1.807, 2.05) is 0 Å². The highest BCUT2D eigenvalue weighted by molar-refractivity contribution is 6.43. The normalized spacial score (nSPS) is 10.7. The summed E-state index contributed by atoms with van der Waals surface area (Å²) in [6.07, 6.45) is 0. The van der Waals surface area contributed by atoms with Gasteiger partial charge < -0.3 is 15.0 Å². The number of hydrogen-bond acceptors (Lipinski definition) is 4. The molecule has 0 aliphatic rings. The third kappa shape index (κ3) is 3.09. The van der Waals surface area contributed by atoms with Crippen LogP contribution in [-0.4, -0.2) is 5.16 Å². The Hall–Kier alpha value is -0.940. The third-order valence-corrected chi connectivity index (χ3v) is 3.18. The number of aromatic nitrogens is 1. The lowest BCUT2D eigenvalue weighted by Crippen LogP contribution is -1.96. The van der Waals surface area contributed by atoms with Gasteiger partial charge in [0.2, 0.25) is 0 Å². The molecular weight excluding hydrogens is 298 g/mol. The molecule has 7 heteroatoms. The van der Waals surface area contributed by atoms with Crippen molar-refractivity contribution >= 4 is 34.8 Å². The maximum atomic E-state index is 5.97. The summed E-state index contributed by atoms with van der Waals surface area (Å²) in [5.41, 5.74) is 6.08. The van der Waals surface area contributed by atoms with Crippen LogP contribution in [0.15, 0.2) is 22.7 Å². The molecule has 1 aromatic carbocycles. The first-order valence-electron chi connectivity index (χ1n) is 5.02. The molecule has 2 N–H and O–H groups in total. The Balaban J connectivity index is 2.08. The molecular formula is C11H9Cl3N2O2. The maximum Gasteiger partial charge on any atom is 0.174 e. The fourth-order valence-corrected chi connectivity index (χ4v) is 1.88. The Morgan fingerprint density at radius 2 is 1.83 bits per heavy atom. The highest BCUT2D eigenvalue weighted by Crippen LogP contribution is 2.34. The van der Waals surface area contributed by atoms with Crippen LogP contribution in [0.1, 0.15) is 11.5 Å². The standard InChI is InChI=1S/C11H9Cl3N2O2/c12-8-2-10(14)11(3-9(8)13)17-5-7-1-6(4-15)16-18-7/h1-3H,4-5,15H2. The number of nitrogens with two attached hydrogens (primary N) is 1. The van der Waals surface area contributed by atoms with E-state index in [-0.39, 0.29) is 6.61 Å². The highest BCUT2D eigenvalue weighted by atomic mass is 35.5. The second kappa shape index (κ2) is 5.80. The van der Waals surface area contributed by atoms with Crippen LogP contribution in [-0.2, 0) is 13.2 Å². The van der Waals surface area contributed by atoms with Gasteiger partial charge in [-0.25, -0.2) is 0 Å². The Kier molecular flexibility index (Phi) is 4.35. The molecule has 0 aliphatic heterocycles. The maximum absolute atomic E-state index is 5.97. The molecule has 0 fully saturated rings. The van der Waals surface area contributed by atoms with E-state index in [0.29, 0.717) is 38.8 Å². The van der Waals surface area contributed by atoms with E-state index in [9.17, 15) is 0 Å². The van der Waals surface area contributed by atoms with Gasteiger partial charge in [0.05, 0.1) is 20.8 Å². The zero-order chi connectivity index (χ0) is 13.1. The fourth-order valence-electron chi connectivity index (χ4n) is 1.28.